The SMILES string of the molecule is O=C(CCCC[C@@H]1CCSS1)NCCn1cnc2ccsc2c1=O. The average Bonchev–Trinajstić information content (AvgIpc) is 3.25. The van der Waals surface area contributed by atoms with Gasteiger partial charge in [0.1, 0.15) is 4.70 Å². The summed E-state index contributed by atoms with van der Waals surface area (Å²) in [6.07, 6.45) is 6.70. The highest BCUT2D eigenvalue weighted by atomic mass is 33.1. The van der Waals surface area contributed by atoms with E-state index in [1.54, 1.807) is 10.9 Å². The van der Waals surface area contributed by atoms with Crippen LogP contribution in [0.4, 0.5) is 0 Å². The van der Waals surface area contributed by atoms with Crippen molar-refractivity contribution in [1.29, 1.82) is 0 Å². The maximum atomic E-state index is 12.2. The summed E-state index contributed by atoms with van der Waals surface area (Å²) in [5.41, 5.74) is 0.709. The van der Waals surface area contributed by atoms with Gasteiger partial charge in [0, 0.05) is 30.5 Å². The standard InChI is InChI=1S/C16H21N3O2S3/c20-14(4-2-1-3-12-5-10-23-24-12)17-7-8-19-11-18-13-6-9-22-15(13)16(19)21/h6,9,11-12H,1-5,7-8,10H2,(H,17,20)/t12-/m1/s1. The van der Waals surface area contributed by atoms with E-state index in [4.69, 9.17) is 0 Å². The molecule has 2 aromatic rings. The molecule has 24 heavy (non-hydrogen) atoms. The summed E-state index contributed by atoms with van der Waals surface area (Å²) in [4.78, 5) is 28.3. The molecule has 1 N–H and O–H groups in total. The van der Waals surface area contributed by atoms with Gasteiger partial charge in [0.25, 0.3) is 5.56 Å². The summed E-state index contributed by atoms with van der Waals surface area (Å²) in [6, 6.07) is 1.84. The summed E-state index contributed by atoms with van der Waals surface area (Å²) in [7, 11) is 3.96. The van der Waals surface area contributed by atoms with Gasteiger partial charge in [-0.25, -0.2) is 4.98 Å². The van der Waals surface area contributed by atoms with Crippen molar-refractivity contribution in [1.82, 2.24) is 14.9 Å². The molecule has 1 saturated heterocycles. The second kappa shape index (κ2) is 8.92. The molecule has 0 radical (unpaired) electrons. The number of nitrogens with zero attached hydrogens (tertiary/aromatic N) is 2. The molecule has 5 nitrogen and oxygen atoms in total. The highest BCUT2D eigenvalue weighted by Crippen LogP contribution is 2.39. The van der Waals surface area contributed by atoms with Crippen molar-refractivity contribution in [3.8, 4) is 0 Å². The summed E-state index contributed by atoms with van der Waals surface area (Å²) < 4.78 is 2.24. The first-order chi connectivity index (χ1) is 11.7. The molecule has 1 atom stereocenters. The number of nitrogens with one attached hydrogen (secondary N) is 1. The first-order valence-corrected chi connectivity index (χ1v) is 11.5. The van der Waals surface area contributed by atoms with Crippen molar-refractivity contribution in [2.75, 3.05) is 12.3 Å². The molecule has 1 fully saturated rings. The van der Waals surface area contributed by atoms with E-state index in [-0.39, 0.29) is 11.5 Å². The fraction of sp³-hybridized carbons (Fsp3) is 0.562. The van der Waals surface area contributed by atoms with Crippen LogP contribution < -0.4 is 10.9 Å². The Balaban J connectivity index is 1.35. The van der Waals surface area contributed by atoms with Crippen LogP contribution in [0.15, 0.2) is 22.6 Å². The van der Waals surface area contributed by atoms with Gasteiger partial charge in [0.05, 0.1) is 11.8 Å². The van der Waals surface area contributed by atoms with Gasteiger partial charge < -0.3 is 5.32 Å². The minimum absolute atomic E-state index is 0.0313. The lowest BCUT2D eigenvalue weighted by atomic mass is 10.1. The van der Waals surface area contributed by atoms with Gasteiger partial charge in [-0.05, 0) is 30.7 Å². The molecular weight excluding hydrogens is 362 g/mol. The summed E-state index contributed by atoms with van der Waals surface area (Å²) in [5, 5.41) is 5.55. The lowest BCUT2D eigenvalue weighted by Gasteiger charge is -2.08. The number of unbranched alkanes of at least 4 members (excludes halogenated alkanes) is 1. The molecule has 0 bridgehead atoms. The zero-order valence-corrected chi connectivity index (χ0v) is 15.9. The molecule has 0 unspecified atom stereocenters. The van der Waals surface area contributed by atoms with Crippen LogP contribution in [0.25, 0.3) is 10.2 Å². The van der Waals surface area contributed by atoms with Gasteiger partial charge in [-0.15, -0.1) is 11.3 Å². The van der Waals surface area contributed by atoms with E-state index in [2.05, 4.69) is 10.3 Å². The minimum Gasteiger partial charge on any atom is -0.354 e. The topological polar surface area (TPSA) is 64.0 Å². The minimum atomic E-state index is -0.0313. The van der Waals surface area contributed by atoms with Crippen molar-refractivity contribution < 1.29 is 4.79 Å². The normalized spacial score (nSPS) is 17.4. The molecule has 3 rings (SSSR count). The fourth-order valence-electron chi connectivity index (χ4n) is 2.66. The first-order valence-electron chi connectivity index (χ1n) is 8.21. The largest absolute Gasteiger partial charge is 0.354 e. The van der Waals surface area contributed by atoms with E-state index in [0.717, 1.165) is 23.6 Å². The monoisotopic (exact) mass is 383 g/mol. The second-order valence-electron chi connectivity index (χ2n) is 5.80. The number of hydrogen-bond acceptors (Lipinski definition) is 6. The van der Waals surface area contributed by atoms with Gasteiger partial charge in [-0.3, -0.25) is 14.2 Å². The Morgan fingerprint density at radius 2 is 2.33 bits per heavy atom. The number of aromatic nitrogens is 2. The molecule has 1 aliphatic rings. The van der Waals surface area contributed by atoms with E-state index in [1.807, 2.05) is 33.0 Å². The maximum Gasteiger partial charge on any atom is 0.271 e. The molecule has 8 heteroatoms. The van der Waals surface area contributed by atoms with E-state index in [9.17, 15) is 9.59 Å². The Morgan fingerprint density at radius 3 is 3.17 bits per heavy atom. The van der Waals surface area contributed by atoms with Crippen LogP contribution in [-0.4, -0.2) is 33.0 Å². The van der Waals surface area contributed by atoms with Crippen molar-refractivity contribution >= 4 is 49.0 Å². The van der Waals surface area contributed by atoms with Gasteiger partial charge in [-0.2, -0.15) is 0 Å². The molecule has 1 aliphatic heterocycles. The summed E-state index contributed by atoms with van der Waals surface area (Å²) in [5.74, 6) is 1.34. The lowest BCUT2D eigenvalue weighted by molar-refractivity contribution is -0.121. The third-order valence-electron chi connectivity index (χ3n) is 4.02. The molecular formula is C16H21N3O2S3. The number of carbonyl (C=O) groups excluding carboxylic acids is 1. The molecule has 3 heterocycles. The third kappa shape index (κ3) is 4.77. The van der Waals surface area contributed by atoms with E-state index in [1.165, 1.54) is 29.9 Å². The fourth-order valence-corrected chi connectivity index (χ4v) is 6.48. The van der Waals surface area contributed by atoms with Crippen LogP contribution in [0.5, 0.6) is 0 Å². The summed E-state index contributed by atoms with van der Waals surface area (Å²) >= 11 is 1.41. The van der Waals surface area contributed by atoms with Crippen LogP contribution in [0.3, 0.4) is 0 Å². The number of thiophene rings is 1. The smallest absolute Gasteiger partial charge is 0.271 e. The van der Waals surface area contributed by atoms with Crippen molar-refractivity contribution in [3.05, 3.63) is 28.1 Å². The third-order valence-corrected chi connectivity index (χ3v) is 7.92. The average molecular weight is 384 g/mol. The van der Waals surface area contributed by atoms with E-state index < -0.39 is 0 Å². The molecule has 2 aromatic heterocycles. The second-order valence-corrected chi connectivity index (χ2v) is 9.51. The molecule has 0 aliphatic carbocycles. The van der Waals surface area contributed by atoms with E-state index in [0.29, 0.717) is 24.2 Å². The molecule has 1 amide bonds. The Kier molecular flexibility index (Phi) is 6.62. The maximum absolute atomic E-state index is 12.2. The molecule has 0 saturated carbocycles. The Labute approximate surface area is 153 Å². The number of hydrogen-bond donors (Lipinski definition) is 1. The zero-order valence-electron chi connectivity index (χ0n) is 13.4. The predicted molar refractivity (Wildman–Crippen MR) is 104 cm³/mol. The Bertz CT molecular complexity index is 737. The summed E-state index contributed by atoms with van der Waals surface area (Å²) in [6.45, 7) is 0.924. The van der Waals surface area contributed by atoms with Gasteiger partial charge in [0.2, 0.25) is 5.91 Å². The zero-order chi connectivity index (χ0) is 16.8. The number of fused-ring (bicyclic) bond motifs is 1. The van der Waals surface area contributed by atoms with Crippen molar-refractivity contribution in [2.45, 2.75) is 43.9 Å². The van der Waals surface area contributed by atoms with Crippen LogP contribution in [0.1, 0.15) is 32.1 Å². The Hall–Kier alpha value is -0.990. The quantitative estimate of drug-likeness (QED) is 0.560. The highest BCUT2D eigenvalue weighted by Gasteiger charge is 2.15. The van der Waals surface area contributed by atoms with Crippen LogP contribution in [-0.2, 0) is 11.3 Å². The lowest BCUT2D eigenvalue weighted by Crippen LogP contribution is -2.30. The van der Waals surface area contributed by atoms with Gasteiger partial charge >= 0.3 is 0 Å². The van der Waals surface area contributed by atoms with Crippen LogP contribution in [0, 0.1) is 0 Å². The van der Waals surface area contributed by atoms with Crippen LogP contribution in [0.2, 0.25) is 0 Å². The van der Waals surface area contributed by atoms with Crippen molar-refractivity contribution in [2.24, 2.45) is 0 Å². The van der Waals surface area contributed by atoms with Crippen molar-refractivity contribution in [3.63, 3.8) is 0 Å². The van der Waals surface area contributed by atoms with Gasteiger partial charge in [-0.1, -0.05) is 28.0 Å². The first kappa shape index (κ1) is 17.8. The Morgan fingerprint density at radius 1 is 1.42 bits per heavy atom. The molecule has 130 valence electrons. The predicted octanol–water partition coefficient (Wildman–Crippen LogP) is 3.29. The number of amides is 1. The van der Waals surface area contributed by atoms with Crippen LogP contribution >= 0.6 is 32.9 Å². The molecule has 0 aromatic carbocycles. The van der Waals surface area contributed by atoms with Gasteiger partial charge in [0.15, 0.2) is 0 Å². The highest BCUT2D eigenvalue weighted by molar-refractivity contribution is 8.77. The number of carbonyl (C=O) groups is 1. The van der Waals surface area contributed by atoms with E-state index >= 15 is 0 Å². The number of rotatable bonds is 8. The molecule has 0 spiro atoms.